The van der Waals surface area contributed by atoms with E-state index in [2.05, 4.69) is 301 Å². The number of aryl methyl sites for hydroxylation is 4. The lowest BCUT2D eigenvalue weighted by Crippen LogP contribution is -2.11. The molecular formula is C100H116N8O4. The van der Waals surface area contributed by atoms with E-state index in [1.807, 2.05) is 0 Å². The monoisotopic (exact) mass is 1490 g/mol. The van der Waals surface area contributed by atoms with Gasteiger partial charge >= 0.3 is 0 Å². The minimum absolute atomic E-state index is 0.0885. The Balaban J connectivity index is 0.000000196. The average molecular weight is 1490 g/mol. The Hall–Kier alpha value is -10.2. The first-order chi connectivity index (χ1) is 53.9. The normalized spacial score (nSPS) is 12.3. The summed E-state index contributed by atoms with van der Waals surface area (Å²) < 4.78 is 26.5. The molecule has 12 heteroatoms. The molecule has 14 rings (SSSR count). The molecule has 10 aromatic carbocycles. The van der Waals surface area contributed by atoms with E-state index in [9.17, 15) is 0 Å². The second-order valence-corrected chi connectivity index (χ2v) is 35.2. The number of hydrogen-bond donors (Lipinski definition) is 0. The highest BCUT2D eigenvalue weighted by Gasteiger charge is 2.30. The molecule has 0 bridgehead atoms. The van der Waals surface area contributed by atoms with Gasteiger partial charge in [-0.05, 0) is 233 Å². The molecule has 4 aromatic heterocycles. The van der Waals surface area contributed by atoms with Crippen LogP contribution in [0.2, 0.25) is 0 Å². The van der Waals surface area contributed by atoms with E-state index in [0.29, 0.717) is 47.1 Å². The largest absolute Gasteiger partial charge is 0.416 e. The minimum Gasteiger partial charge on any atom is -0.416 e. The van der Waals surface area contributed by atoms with Gasteiger partial charge in [0.25, 0.3) is 0 Å². The van der Waals surface area contributed by atoms with Gasteiger partial charge in [-0.15, -0.1) is 40.8 Å². The fraction of sp³-hybridized carbons (Fsp3) is 0.400. The van der Waals surface area contributed by atoms with Gasteiger partial charge in [0.15, 0.2) is 0 Å². The molecule has 0 radical (unpaired) electrons. The highest BCUT2D eigenvalue weighted by atomic mass is 16.4. The maximum absolute atomic E-state index is 6.63. The van der Waals surface area contributed by atoms with Crippen LogP contribution >= 0.6 is 0 Å². The fourth-order valence-electron chi connectivity index (χ4n) is 15.3. The molecule has 0 aliphatic heterocycles. The predicted octanol–water partition coefficient (Wildman–Crippen LogP) is 28.5. The van der Waals surface area contributed by atoms with Gasteiger partial charge in [0.05, 0.1) is 22.3 Å². The van der Waals surface area contributed by atoms with E-state index in [1.165, 1.54) is 147 Å². The summed E-state index contributed by atoms with van der Waals surface area (Å²) in [5.74, 6) is 3.98. The topological polar surface area (TPSA) is 156 Å². The van der Waals surface area contributed by atoms with Crippen LogP contribution in [0.5, 0.6) is 0 Å². The van der Waals surface area contributed by atoms with Crippen LogP contribution < -0.4 is 0 Å². The first-order valence-corrected chi connectivity index (χ1v) is 41.7. The van der Waals surface area contributed by atoms with Gasteiger partial charge in [-0.25, -0.2) is 0 Å². The van der Waals surface area contributed by atoms with Crippen LogP contribution in [-0.4, -0.2) is 40.8 Å². The Labute approximate surface area is 664 Å². The second-order valence-electron chi connectivity index (χ2n) is 35.2. The van der Waals surface area contributed by atoms with E-state index >= 15 is 0 Å². The van der Waals surface area contributed by atoms with Gasteiger partial charge in [-0.3, -0.25) is 0 Å². The van der Waals surface area contributed by atoms with Crippen molar-refractivity contribution in [3.8, 4) is 91.6 Å². The number of nitrogens with zero attached hydrogens (tertiary/aromatic N) is 8. The number of unbranched alkanes of at least 4 members (excludes halogenated alkanes) is 12. The molecule has 0 spiro atoms. The molecule has 12 nitrogen and oxygen atoms in total. The lowest BCUT2D eigenvalue weighted by atomic mass is 9.81. The van der Waals surface area contributed by atoms with Crippen LogP contribution in [0.25, 0.3) is 135 Å². The number of fused-ring (bicyclic) bond motifs is 4. The zero-order valence-corrected chi connectivity index (χ0v) is 69.5. The van der Waals surface area contributed by atoms with Crippen molar-refractivity contribution in [1.82, 2.24) is 40.8 Å². The molecular weight excluding hydrogens is 1380 g/mol. The molecule has 14 aromatic rings. The number of hydrogen-bond acceptors (Lipinski definition) is 12. The van der Waals surface area contributed by atoms with Crippen LogP contribution in [-0.2, 0) is 47.3 Å². The predicted molar refractivity (Wildman–Crippen MR) is 464 cm³/mol. The zero-order valence-electron chi connectivity index (χ0n) is 69.5. The summed E-state index contributed by atoms with van der Waals surface area (Å²) in [5.41, 5.74) is 17.1. The summed E-state index contributed by atoms with van der Waals surface area (Å²) in [7, 11) is 0. The summed E-state index contributed by atoms with van der Waals surface area (Å²) in [6, 6.07) is 61.1. The summed E-state index contributed by atoms with van der Waals surface area (Å²) in [6.45, 7) is 35.9. The molecule has 580 valence electrons. The highest BCUT2D eigenvalue weighted by molar-refractivity contribution is 6.21. The molecule has 0 N–H and O–H groups in total. The van der Waals surface area contributed by atoms with E-state index in [0.717, 1.165) is 113 Å². The smallest absolute Gasteiger partial charge is 0.249 e. The van der Waals surface area contributed by atoms with Crippen molar-refractivity contribution >= 4 is 43.1 Å². The zero-order chi connectivity index (χ0) is 78.9. The van der Waals surface area contributed by atoms with Crippen molar-refractivity contribution in [2.75, 3.05) is 0 Å². The molecule has 112 heavy (non-hydrogen) atoms. The third-order valence-electron chi connectivity index (χ3n) is 22.3. The van der Waals surface area contributed by atoms with Gasteiger partial charge < -0.3 is 17.7 Å². The van der Waals surface area contributed by atoms with Crippen molar-refractivity contribution in [2.45, 2.75) is 261 Å². The van der Waals surface area contributed by atoms with Crippen LogP contribution in [0, 0.1) is 0 Å². The highest BCUT2D eigenvalue weighted by Crippen LogP contribution is 2.49. The molecule has 0 aliphatic rings. The van der Waals surface area contributed by atoms with Crippen molar-refractivity contribution in [3.05, 3.63) is 214 Å². The van der Waals surface area contributed by atoms with Gasteiger partial charge in [-0.1, -0.05) is 285 Å². The molecule has 0 saturated heterocycles. The molecule has 0 aliphatic carbocycles. The molecule has 0 amide bonds. The maximum atomic E-state index is 6.63. The van der Waals surface area contributed by atoms with Crippen LogP contribution in [0.1, 0.15) is 258 Å². The van der Waals surface area contributed by atoms with Crippen LogP contribution in [0.3, 0.4) is 0 Å². The Morgan fingerprint density at radius 2 is 0.393 bits per heavy atom. The quantitative estimate of drug-likeness (QED) is 0.0338. The lowest BCUT2D eigenvalue weighted by molar-refractivity contribution is 0.583. The number of benzene rings is 10. The van der Waals surface area contributed by atoms with Crippen molar-refractivity contribution < 1.29 is 17.7 Å². The van der Waals surface area contributed by atoms with Crippen LogP contribution in [0.4, 0.5) is 0 Å². The Bertz CT molecular complexity index is 4810. The third-order valence-corrected chi connectivity index (χ3v) is 22.3. The summed E-state index contributed by atoms with van der Waals surface area (Å²) >= 11 is 0. The standard InChI is InChI=1S/2C50H58N4O2/c2*1-9-11-13-15-17-33-19-23-35(24-20-33)45-51-53-47(55-45)43-39-29-27-38(50(6,7)8)32-42(39)44(40-30-28-37(31-41(40)43)49(3,4)5)48-54-52-46(56-48)36-25-21-34(22-26-36)18-16-14-12-10-2/h2*19-32H,9-18H2,1-8H3. The Morgan fingerprint density at radius 3 is 0.571 bits per heavy atom. The van der Waals surface area contributed by atoms with Gasteiger partial charge in [0.1, 0.15) is 0 Å². The first-order valence-electron chi connectivity index (χ1n) is 41.7. The first kappa shape index (κ1) is 79.9. The third kappa shape index (κ3) is 18.4. The van der Waals surface area contributed by atoms with Gasteiger partial charge in [0.2, 0.25) is 47.1 Å². The number of rotatable bonds is 28. The van der Waals surface area contributed by atoms with E-state index < -0.39 is 0 Å². The van der Waals surface area contributed by atoms with E-state index in [4.69, 9.17) is 38.1 Å². The SMILES string of the molecule is CCCCCCc1ccc(-c2nnc(-c3c4ccc(C(C)(C)C)cc4c(-c4nnc(-c5ccc(CCCCCC)cc5)o4)c4ccc(C(C)(C)C)cc34)o2)cc1.CCCCCCc1ccc(-c2nnc(-c3c4ccc(C(C)(C)C)cc4c(-c4nnc(-c5ccc(CCCCCC)cc5)o4)c4ccc(C(C)(C)C)cc34)o2)cc1. The van der Waals surface area contributed by atoms with E-state index in [-0.39, 0.29) is 21.7 Å². The van der Waals surface area contributed by atoms with Crippen molar-refractivity contribution in [3.63, 3.8) is 0 Å². The Kier molecular flexibility index (Phi) is 24.8. The molecule has 0 unspecified atom stereocenters. The summed E-state index contributed by atoms with van der Waals surface area (Å²) in [5, 5.41) is 45.4. The molecule has 4 heterocycles. The second kappa shape index (κ2) is 34.8. The summed E-state index contributed by atoms with van der Waals surface area (Å²) in [6.07, 6.45) is 24.3. The Morgan fingerprint density at radius 1 is 0.205 bits per heavy atom. The average Bonchev–Trinajstić information content (AvgIpc) is 1.35. The van der Waals surface area contributed by atoms with E-state index in [1.54, 1.807) is 0 Å². The summed E-state index contributed by atoms with van der Waals surface area (Å²) in [4.78, 5) is 0. The van der Waals surface area contributed by atoms with Gasteiger partial charge in [-0.2, -0.15) is 0 Å². The van der Waals surface area contributed by atoms with Crippen molar-refractivity contribution in [2.24, 2.45) is 0 Å². The lowest BCUT2D eigenvalue weighted by Gasteiger charge is -2.23. The van der Waals surface area contributed by atoms with Gasteiger partial charge in [0, 0.05) is 22.3 Å². The number of aromatic nitrogens is 8. The van der Waals surface area contributed by atoms with Crippen molar-refractivity contribution in [1.29, 1.82) is 0 Å². The molecule has 0 fully saturated rings. The molecule has 0 saturated carbocycles. The fourth-order valence-corrected chi connectivity index (χ4v) is 15.3. The molecule has 0 atom stereocenters. The maximum Gasteiger partial charge on any atom is 0.249 e. The van der Waals surface area contributed by atoms with Crippen LogP contribution in [0.15, 0.2) is 188 Å². The minimum atomic E-state index is -0.0885.